The molecular weight excluding hydrogens is 363 g/mol. The van der Waals surface area contributed by atoms with Crippen molar-refractivity contribution in [1.29, 1.82) is 5.26 Å². The van der Waals surface area contributed by atoms with Crippen molar-refractivity contribution in [3.63, 3.8) is 0 Å². The Labute approximate surface area is 153 Å². The second kappa shape index (κ2) is 7.61. The molecule has 0 unspecified atom stereocenters. The lowest BCUT2D eigenvalue weighted by molar-refractivity contribution is -0.137. The van der Waals surface area contributed by atoms with E-state index in [2.05, 4.69) is 4.74 Å². The molecule has 0 aliphatic rings. The number of halogens is 3. The Balaban J connectivity index is 2.69. The molecule has 0 fully saturated rings. The molecule has 0 saturated carbocycles. The van der Waals surface area contributed by atoms with E-state index in [0.717, 1.165) is 23.8 Å². The Morgan fingerprint density at radius 3 is 2.52 bits per heavy atom. The maximum Gasteiger partial charge on any atom is 0.416 e. The third kappa shape index (κ3) is 4.34. The number of hydrogen-bond acceptors (Lipinski definition) is 5. The van der Waals surface area contributed by atoms with Crippen LogP contribution in [0.25, 0.3) is 5.69 Å². The first-order valence-electron chi connectivity index (χ1n) is 7.93. The third-order valence-electron chi connectivity index (χ3n) is 3.62. The highest BCUT2D eigenvalue weighted by molar-refractivity contribution is 5.96. The highest BCUT2D eigenvalue weighted by Gasteiger charge is 2.32. The van der Waals surface area contributed by atoms with Crippen molar-refractivity contribution in [2.45, 2.75) is 20.0 Å². The van der Waals surface area contributed by atoms with E-state index >= 15 is 0 Å². The monoisotopic (exact) mass is 381 g/mol. The predicted molar refractivity (Wildman–Crippen MR) is 91.6 cm³/mol. The van der Waals surface area contributed by atoms with Crippen LogP contribution in [0.1, 0.15) is 35.5 Å². The molecule has 1 aromatic carbocycles. The minimum atomic E-state index is -4.63. The number of methoxy groups -OCH3 is 1. The van der Waals surface area contributed by atoms with Gasteiger partial charge in [0.05, 0.1) is 36.2 Å². The Hall–Kier alpha value is -3.15. The molecular formula is C18H18F3N3O3. The first-order valence-corrected chi connectivity index (χ1v) is 7.93. The van der Waals surface area contributed by atoms with Crippen molar-refractivity contribution in [1.82, 2.24) is 4.57 Å². The van der Waals surface area contributed by atoms with Gasteiger partial charge >= 0.3 is 12.1 Å². The second-order valence-electron chi connectivity index (χ2n) is 6.20. The van der Waals surface area contributed by atoms with Crippen molar-refractivity contribution >= 4 is 11.7 Å². The summed E-state index contributed by atoms with van der Waals surface area (Å²) in [4.78, 5) is 12.1. The zero-order chi connectivity index (χ0) is 20.4. The van der Waals surface area contributed by atoms with Gasteiger partial charge < -0.3 is 19.8 Å². The number of esters is 1. The highest BCUT2D eigenvalue weighted by atomic mass is 19.4. The molecule has 27 heavy (non-hydrogen) atoms. The number of aromatic nitrogens is 1. The molecule has 0 saturated heterocycles. The molecule has 2 rings (SSSR count). The molecule has 0 aliphatic carbocycles. The van der Waals surface area contributed by atoms with E-state index in [1.807, 2.05) is 13.8 Å². The van der Waals surface area contributed by atoms with Crippen LogP contribution < -0.4 is 10.5 Å². The summed E-state index contributed by atoms with van der Waals surface area (Å²) in [6.45, 7) is 3.92. The largest absolute Gasteiger partial charge is 0.493 e. The van der Waals surface area contributed by atoms with Crippen LogP contribution in [-0.4, -0.2) is 24.3 Å². The van der Waals surface area contributed by atoms with Crippen LogP contribution in [0.15, 0.2) is 24.4 Å². The van der Waals surface area contributed by atoms with E-state index in [-0.39, 0.29) is 40.9 Å². The van der Waals surface area contributed by atoms with Crippen molar-refractivity contribution in [2.24, 2.45) is 5.92 Å². The first-order chi connectivity index (χ1) is 12.6. The van der Waals surface area contributed by atoms with E-state index in [1.165, 1.54) is 12.3 Å². The minimum absolute atomic E-state index is 0.0184. The van der Waals surface area contributed by atoms with E-state index in [1.54, 1.807) is 6.07 Å². The van der Waals surface area contributed by atoms with Gasteiger partial charge in [-0.3, -0.25) is 0 Å². The zero-order valence-electron chi connectivity index (χ0n) is 14.9. The average molecular weight is 381 g/mol. The topological polar surface area (TPSA) is 90.3 Å². The molecule has 0 radical (unpaired) electrons. The van der Waals surface area contributed by atoms with E-state index < -0.39 is 17.7 Å². The van der Waals surface area contributed by atoms with E-state index in [4.69, 9.17) is 15.7 Å². The van der Waals surface area contributed by atoms with Crippen molar-refractivity contribution in [2.75, 3.05) is 19.5 Å². The lowest BCUT2D eigenvalue weighted by Gasteiger charge is -2.16. The number of alkyl halides is 3. The molecule has 6 nitrogen and oxygen atoms in total. The van der Waals surface area contributed by atoms with Gasteiger partial charge in [0.25, 0.3) is 0 Å². The van der Waals surface area contributed by atoms with Crippen molar-refractivity contribution in [3.8, 4) is 17.5 Å². The summed E-state index contributed by atoms with van der Waals surface area (Å²) in [5, 5.41) is 9.14. The number of ether oxygens (including phenoxy) is 2. The number of nitrogens with two attached hydrogens (primary N) is 1. The summed E-state index contributed by atoms with van der Waals surface area (Å²) < 4.78 is 51.1. The molecule has 0 spiro atoms. The van der Waals surface area contributed by atoms with E-state index in [9.17, 15) is 18.0 Å². The molecule has 1 heterocycles. The van der Waals surface area contributed by atoms with Crippen LogP contribution >= 0.6 is 0 Å². The molecule has 2 N–H and O–H groups in total. The quantitative estimate of drug-likeness (QED) is 0.796. The fraction of sp³-hybridized carbons (Fsp3) is 0.333. The van der Waals surface area contributed by atoms with Gasteiger partial charge in [-0.15, -0.1) is 0 Å². The van der Waals surface area contributed by atoms with Gasteiger partial charge in [0.2, 0.25) is 0 Å². The number of hydrogen-bond donors (Lipinski definition) is 1. The highest BCUT2D eigenvalue weighted by Crippen LogP contribution is 2.35. The fourth-order valence-electron chi connectivity index (χ4n) is 2.35. The molecule has 0 bridgehead atoms. The van der Waals surface area contributed by atoms with Crippen LogP contribution in [0.3, 0.4) is 0 Å². The molecule has 0 atom stereocenters. The summed E-state index contributed by atoms with van der Waals surface area (Å²) in [6.07, 6.45) is -3.45. The smallest absolute Gasteiger partial charge is 0.416 e. The number of nitrogen functional groups attached to an aromatic ring is 1. The number of carbonyl (C=O) groups is 1. The van der Waals surface area contributed by atoms with Crippen LogP contribution in [0, 0.1) is 17.2 Å². The molecule has 0 amide bonds. The van der Waals surface area contributed by atoms with Crippen LogP contribution in [0.4, 0.5) is 18.9 Å². The number of anilines is 1. The number of nitrogens with zero attached hydrogens (tertiary/aromatic N) is 2. The van der Waals surface area contributed by atoms with Crippen LogP contribution in [0.2, 0.25) is 0 Å². The predicted octanol–water partition coefficient (Wildman–Crippen LogP) is 3.77. The van der Waals surface area contributed by atoms with Gasteiger partial charge in [-0.1, -0.05) is 13.8 Å². The average Bonchev–Trinajstić information content (AvgIpc) is 2.94. The van der Waals surface area contributed by atoms with Gasteiger partial charge in [0, 0.05) is 12.3 Å². The molecule has 1 aromatic heterocycles. The number of carbonyl (C=O) groups excluding carboxylic acids is 1. The lowest BCUT2D eigenvalue weighted by Crippen LogP contribution is -2.13. The van der Waals surface area contributed by atoms with Gasteiger partial charge in [0.1, 0.15) is 11.8 Å². The molecule has 144 valence electrons. The maximum atomic E-state index is 13.3. The van der Waals surface area contributed by atoms with Gasteiger partial charge in [-0.25, -0.2) is 4.79 Å². The number of rotatable bonds is 5. The van der Waals surface area contributed by atoms with Gasteiger partial charge in [-0.2, -0.15) is 18.4 Å². The van der Waals surface area contributed by atoms with Gasteiger partial charge in [0.15, 0.2) is 5.69 Å². The minimum Gasteiger partial charge on any atom is -0.493 e. The Kier molecular flexibility index (Phi) is 5.69. The second-order valence-corrected chi connectivity index (χ2v) is 6.20. The lowest BCUT2D eigenvalue weighted by atomic mass is 10.1. The normalized spacial score (nSPS) is 11.3. The van der Waals surface area contributed by atoms with Crippen molar-refractivity contribution < 1.29 is 27.4 Å². The molecule has 9 heteroatoms. The Bertz CT molecular complexity index is 896. The zero-order valence-corrected chi connectivity index (χ0v) is 14.9. The molecule has 0 aliphatic heterocycles. The fourth-order valence-corrected chi connectivity index (χ4v) is 2.35. The first kappa shape index (κ1) is 20.2. The summed E-state index contributed by atoms with van der Waals surface area (Å²) >= 11 is 0. The molecule has 2 aromatic rings. The van der Waals surface area contributed by atoms with Crippen LogP contribution in [-0.2, 0) is 10.9 Å². The number of nitriles is 1. The van der Waals surface area contributed by atoms with Gasteiger partial charge in [-0.05, 0) is 18.1 Å². The van der Waals surface area contributed by atoms with E-state index in [0.29, 0.717) is 0 Å². The third-order valence-corrected chi connectivity index (χ3v) is 3.62. The number of benzene rings is 1. The Morgan fingerprint density at radius 1 is 1.33 bits per heavy atom. The Morgan fingerprint density at radius 2 is 2.00 bits per heavy atom. The summed E-state index contributed by atoms with van der Waals surface area (Å²) in [7, 11) is 1.11. The van der Waals surface area contributed by atoms with Crippen LogP contribution in [0.5, 0.6) is 5.75 Å². The summed E-state index contributed by atoms with van der Waals surface area (Å²) in [6, 6.07) is 4.85. The SMILES string of the molecule is COC(=O)c1c(N)c(C#N)cn1-c1cc(OCC(C)C)cc(C(F)(F)F)c1. The summed E-state index contributed by atoms with van der Waals surface area (Å²) in [5.41, 5.74) is 4.34. The maximum absolute atomic E-state index is 13.3. The standard InChI is InChI=1S/C18H18F3N3O3/c1-10(2)9-27-14-5-12(18(19,20)21)4-13(6-14)24-8-11(7-22)15(23)16(24)17(25)26-3/h4-6,8,10H,9,23H2,1-3H3. The summed E-state index contributed by atoms with van der Waals surface area (Å²) in [5.74, 6) is -0.799. The van der Waals surface area contributed by atoms with Crippen molar-refractivity contribution in [3.05, 3.63) is 41.2 Å².